The molecular formula is C18H19BrO2. The first-order valence-electron chi connectivity index (χ1n) is 6.87. The third-order valence-electron chi connectivity index (χ3n) is 3.48. The van der Waals surface area contributed by atoms with Crippen LogP contribution in [-0.4, -0.2) is 11.1 Å². The fourth-order valence-corrected chi connectivity index (χ4v) is 3.16. The third kappa shape index (κ3) is 3.18. The van der Waals surface area contributed by atoms with Gasteiger partial charge in [-0.15, -0.1) is 0 Å². The van der Waals surface area contributed by atoms with Gasteiger partial charge in [-0.25, -0.2) is 4.79 Å². The van der Waals surface area contributed by atoms with Gasteiger partial charge in [-0.2, -0.15) is 0 Å². The maximum Gasteiger partial charge on any atom is 0.336 e. The molecule has 0 aliphatic carbocycles. The molecule has 110 valence electrons. The molecule has 2 nitrogen and oxygen atoms in total. The summed E-state index contributed by atoms with van der Waals surface area (Å²) in [5.41, 5.74) is 3.81. The topological polar surface area (TPSA) is 37.3 Å². The summed E-state index contributed by atoms with van der Waals surface area (Å²) in [6.45, 7) is 6.15. The van der Waals surface area contributed by atoms with Crippen molar-refractivity contribution in [2.75, 3.05) is 0 Å². The van der Waals surface area contributed by atoms with Crippen molar-refractivity contribution in [1.82, 2.24) is 0 Å². The molecule has 0 heterocycles. The molecule has 0 aliphatic heterocycles. The van der Waals surface area contributed by atoms with Crippen molar-refractivity contribution in [2.45, 2.75) is 31.5 Å². The Balaban J connectivity index is 2.83. The van der Waals surface area contributed by atoms with Crippen molar-refractivity contribution in [2.24, 2.45) is 0 Å². The van der Waals surface area contributed by atoms with Gasteiger partial charge in [-0.05, 0) is 27.7 Å². The second-order valence-corrected chi connectivity index (χ2v) is 6.64. The zero-order chi connectivity index (χ0) is 15.6. The highest BCUT2D eigenvalue weighted by molar-refractivity contribution is 9.08. The third-order valence-corrected chi connectivity index (χ3v) is 4.09. The Kier molecular flexibility index (Phi) is 4.52. The Bertz CT molecular complexity index is 655. The van der Waals surface area contributed by atoms with Crippen molar-refractivity contribution >= 4 is 21.9 Å². The van der Waals surface area contributed by atoms with Gasteiger partial charge in [0.15, 0.2) is 0 Å². The number of benzene rings is 2. The Hall–Kier alpha value is -1.61. The lowest BCUT2D eigenvalue weighted by atomic mass is 9.78. The van der Waals surface area contributed by atoms with Crippen LogP contribution < -0.4 is 0 Å². The van der Waals surface area contributed by atoms with Crippen LogP contribution in [0.4, 0.5) is 0 Å². The van der Waals surface area contributed by atoms with E-state index in [2.05, 4.69) is 36.7 Å². The predicted octanol–water partition coefficient (Wildman–Crippen LogP) is 5.24. The maximum atomic E-state index is 11.9. The van der Waals surface area contributed by atoms with Gasteiger partial charge in [0.05, 0.1) is 5.56 Å². The summed E-state index contributed by atoms with van der Waals surface area (Å²) in [6.07, 6.45) is 0. The van der Waals surface area contributed by atoms with E-state index in [0.29, 0.717) is 10.9 Å². The molecule has 0 spiro atoms. The van der Waals surface area contributed by atoms with E-state index in [4.69, 9.17) is 0 Å². The number of carbonyl (C=O) groups is 1. The minimum absolute atomic E-state index is 0.235. The first-order valence-corrected chi connectivity index (χ1v) is 7.99. The maximum absolute atomic E-state index is 11.9. The Morgan fingerprint density at radius 2 is 1.71 bits per heavy atom. The van der Waals surface area contributed by atoms with E-state index in [-0.39, 0.29) is 5.41 Å². The van der Waals surface area contributed by atoms with Gasteiger partial charge < -0.3 is 5.11 Å². The van der Waals surface area contributed by atoms with E-state index in [1.54, 1.807) is 0 Å². The fraction of sp³-hybridized carbons (Fsp3) is 0.278. The minimum Gasteiger partial charge on any atom is -0.478 e. The van der Waals surface area contributed by atoms with Gasteiger partial charge in [-0.3, -0.25) is 0 Å². The molecule has 3 heteroatoms. The summed E-state index contributed by atoms with van der Waals surface area (Å²) in [5.74, 6) is -0.874. The van der Waals surface area contributed by atoms with Crippen LogP contribution in [0.5, 0.6) is 0 Å². The van der Waals surface area contributed by atoms with Gasteiger partial charge in [-0.1, -0.05) is 79.2 Å². The molecule has 0 atom stereocenters. The lowest BCUT2D eigenvalue weighted by Crippen LogP contribution is -2.20. The summed E-state index contributed by atoms with van der Waals surface area (Å²) >= 11 is 3.47. The van der Waals surface area contributed by atoms with Gasteiger partial charge in [0.2, 0.25) is 0 Å². The second-order valence-electron chi connectivity index (χ2n) is 6.08. The number of hydrogen-bond donors (Lipinski definition) is 1. The lowest BCUT2D eigenvalue weighted by molar-refractivity contribution is 0.0695. The highest BCUT2D eigenvalue weighted by atomic mass is 79.9. The number of aromatic carboxylic acids is 1. The molecule has 0 aromatic heterocycles. The standard InChI is InChI=1S/C18H19BrO2/c1-18(2,3)16-13(11-19)9-10-14(15(16)17(20)21)12-7-5-4-6-8-12/h4-10H,11H2,1-3H3,(H,20,21). The number of rotatable bonds is 3. The summed E-state index contributed by atoms with van der Waals surface area (Å²) in [4.78, 5) is 11.9. The molecule has 2 rings (SSSR count). The van der Waals surface area contributed by atoms with E-state index in [0.717, 1.165) is 22.3 Å². The van der Waals surface area contributed by atoms with Crippen LogP contribution in [-0.2, 0) is 10.7 Å². The molecule has 2 aromatic rings. The van der Waals surface area contributed by atoms with Crippen LogP contribution in [0.3, 0.4) is 0 Å². The number of carboxylic acid groups (broad SMARTS) is 1. The molecule has 0 fully saturated rings. The largest absolute Gasteiger partial charge is 0.478 e. The molecule has 0 aliphatic rings. The molecule has 0 unspecified atom stereocenters. The quantitative estimate of drug-likeness (QED) is 0.771. The highest BCUT2D eigenvalue weighted by Gasteiger charge is 2.27. The molecular weight excluding hydrogens is 328 g/mol. The summed E-state index contributed by atoms with van der Waals surface area (Å²) in [7, 11) is 0. The van der Waals surface area contributed by atoms with Crippen LogP contribution in [0.15, 0.2) is 42.5 Å². The Labute approximate surface area is 134 Å². The first-order chi connectivity index (χ1) is 9.86. The summed E-state index contributed by atoms with van der Waals surface area (Å²) in [6, 6.07) is 13.6. The van der Waals surface area contributed by atoms with E-state index in [1.807, 2.05) is 42.5 Å². The number of halogens is 1. The second kappa shape index (κ2) is 6.02. The normalized spacial score (nSPS) is 11.4. The van der Waals surface area contributed by atoms with Crippen LogP contribution >= 0.6 is 15.9 Å². The Morgan fingerprint density at radius 3 is 2.19 bits per heavy atom. The average molecular weight is 347 g/mol. The average Bonchev–Trinajstić information content (AvgIpc) is 2.45. The van der Waals surface area contributed by atoms with Crippen LogP contribution in [0.2, 0.25) is 0 Å². The van der Waals surface area contributed by atoms with Crippen LogP contribution in [0.1, 0.15) is 42.3 Å². The molecule has 0 saturated heterocycles. The van der Waals surface area contributed by atoms with Gasteiger partial charge in [0.1, 0.15) is 0 Å². The van der Waals surface area contributed by atoms with Crippen molar-refractivity contribution in [3.05, 3.63) is 59.2 Å². The summed E-state index contributed by atoms with van der Waals surface area (Å²) in [5, 5.41) is 10.4. The van der Waals surface area contributed by atoms with Crippen LogP contribution in [0.25, 0.3) is 11.1 Å². The van der Waals surface area contributed by atoms with Crippen molar-refractivity contribution in [3.63, 3.8) is 0 Å². The molecule has 0 bridgehead atoms. The number of alkyl halides is 1. The molecule has 21 heavy (non-hydrogen) atoms. The van der Waals surface area contributed by atoms with Gasteiger partial charge in [0, 0.05) is 5.33 Å². The van der Waals surface area contributed by atoms with Crippen molar-refractivity contribution in [1.29, 1.82) is 0 Å². The highest BCUT2D eigenvalue weighted by Crippen LogP contribution is 2.36. The van der Waals surface area contributed by atoms with E-state index >= 15 is 0 Å². The molecule has 0 saturated carbocycles. The molecule has 2 aromatic carbocycles. The van der Waals surface area contributed by atoms with Gasteiger partial charge in [0.25, 0.3) is 0 Å². The van der Waals surface area contributed by atoms with Crippen LogP contribution in [0, 0.1) is 0 Å². The SMILES string of the molecule is CC(C)(C)c1c(CBr)ccc(-c2ccccc2)c1C(=O)O. The number of hydrogen-bond acceptors (Lipinski definition) is 1. The zero-order valence-corrected chi connectivity index (χ0v) is 14.1. The van der Waals surface area contributed by atoms with Crippen molar-refractivity contribution in [3.8, 4) is 11.1 Å². The lowest BCUT2D eigenvalue weighted by Gasteiger charge is -2.26. The summed E-state index contributed by atoms with van der Waals surface area (Å²) < 4.78 is 0. The van der Waals surface area contributed by atoms with Gasteiger partial charge >= 0.3 is 5.97 Å². The molecule has 0 radical (unpaired) electrons. The fourth-order valence-electron chi connectivity index (χ4n) is 2.69. The smallest absolute Gasteiger partial charge is 0.336 e. The van der Waals surface area contributed by atoms with E-state index in [9.17, 15) is 9.90 Å². The van der Waals surface area contributed by atoms with Crippen molar-refractivity contribution < 1.29 is 9.90 Å². The monoisotopic (exact) mass is 346 g/mol. The van der Waals surface area contributed by atoms with E-state index in [1.165, 1.54) is 0 Å². The van der Waals surface area contributed by atoms with E-state index < -0.39 is 5.97 Å². The molecule has 1 N–H and O–H groups in total. The number of carboxylic acids is 1. The Morgan fingerprint density at radius 1 is 1.10 bits per heavy atom. The first kappa shape index (κ1) is 15.8. The molecule has 0 amide bonds. The zero-order valence-electron chi connectivity index (χ0n) is 12.5. The minimum atomic E-state index is -0.874. The predicted molar refractivity (Wildman–Crippen MR) is 90.2 cm³/mol.